The number of carboxylic acid groups (broad SMARTS) is 3. The molecule has 12 aromatic rings. The maximum absolute atomic E-state index is 13.1. The SMILES string of the molecule is O=C(O)c1c(-c2ccccc2)cc(-c2ccccc2)cc1-c1c2ccc(=O)cc-2oc2cc(O)ccc12.O=C(O)c1c(-c2ccccc2)cc(-c2ccccc2)cc1-c1c2ccc(=O)cc-2oc2cc(O)ccc12.O=C(O)c1ccccc1-c1c2cc(-c3ccccc3)c(=O)cc-2oc2cc(O)c(-c3ccccc3)cc12. The molecule has 3 aliphatic carbocycles. The molecule has 0 amide bonds. The molecular weight excluding hydrogens is 1390 g/mol. The van der Waals surface area contributed by atoms with Gasteiger partial charge in [0.15, 0.2) is 16.3 Å². The fourth-order valence-corrected chi connectivity index (χ4v) is 14.5. The average Bonchev–Trinajstić information content (AvgIpc) is 0.749. The molecule has 0 fully saturated rings. The summed E-state index contributed by atoms with van der Waals surface area (Å²) in [5, 5.41) is 64.1. The van der Waals surface area contributed by atoms with E-state index >= 15 is 0 Å². The third-order valence-electron chi connectivity index (χ3n) is 19.5. The highest BCUT2D eigenvalue weighted by molar-refractivity contribution is 6.14. The molecular formula is C96H60O15. The van der Waals surface area contributed by atoms with E-state index in [0.717, 1.165) is 44.5 Å². The highest BCUT2D eigenvalue weighted by Gasteiger charge is 2.30. The summed E-state index contributed by atoms with van der Waals surface area (Å²) < 4.78 is 18.1. The molecule has 0 radical (unpaired) electrons. The van der Waals surface area contributed by atoms with Crippen molar-refractivity contribution in [2.75, 3.05) is 0 Å². The Morgan fingerprint density at radius 2 is 0.604 bits per heavy atom. The van der Waals surface area contributed by atoms with Crippen molar-refractivity contribution in [3.05, 3.63) is 375 Å². The van der Waals surface area contributed by atoms with Gasteiger partial charge in [-0.1, -0.05) is 200 Å². The predicted octanol–water partition coefficient (Wildman–Crippen LogP) is 21.9. The van der Waals surface area contributed by atoms with E-state index in [4.69, 9.17) is 13.3 Å². The van der Waals surface area contributed by atoms with E-state index in [1.54, 1.807) is 54.6 Å². The highest BCUT2D eigenvalue weighted by atomic mass is 16.4. The van der Waals surface area contributed by atoms with Gasteiger partial charge in [0, 0.05) is 97.1 Å². The molecule has 3 aliphatic heterocycles. The van der Waals surface area contributed by atoms with Crippen LogP contribution in [0.3, 0.4) is 0 Å². The van der Waals surface area contributed by atoms with Crippen LogP contribution in [0.2, 0.25) is 0 Å². The van der Waals surface area contributed by atoms with Gasteiger partial charge in [0.2, 0.25) is 0 Å². The van der Waals surface area contributed by atoms with Gasteiger partial charge in [-0.3, -0.25) is 14.4 Å². The number of carboxylic acids is 3. The second-order valence-electron chi connectivity index (χ2n) is 26.4. The van der Waals surface area contributed by atoms with E-state index in [-0.39, 0.29) is 50.2 Å². The lowest BCUT2D eigenvalue weighted by Gasteiger charge is -2.20. The summed E-state index contributed by atoms with van der Waals surface area (Å²) in [7, 11) is 0. The van der Waals surface area contributed by atoms with Gasteiger partial charge < -0.3 is 43.9 Å². The lowest BCUT2D eigenvalue weighted by molar-refractivity contribution is 0.0687. The molecule has 12 aromatic carbocycles. The van der Waals surface area contributed by atoms with Crippen molar-refractivity contribution < 1.29 is 58.3 Å². The van der Waals surface area contributed by atoms with Crippen LogP contribution in [0.4, 0.5) is 0 Å². The van der Waals surface area contributed by atoms with Gasteiger partial charge in [-0.2, -0.15) is 0 Å². The summed E-state index contributed by atoms with van der Waals surface area (Å²) in [5.74, 6) is -2.27. The molecule has 0 aromatic heterocycles. The zero-order chi connectivity index (χ0) is 76.6. The first kappa shape index (κ1) is 69.9. The Kier molecular flexibility index (Phi) is 18.5. The molecule has 6 aliphatic rings. The molecule has 15 heteroatoms. The first-order valence-corrected chi connectivity index (χ1v) is 35.2. The second-order valence-corrected chi connectivity index (χ2v) is 26.4. The Labute approximate surface area is 631 Å². The van der Waals surface area contributed by atoms with Gasteiger partial charge in [0.1, 0.15) is 51.3 Å². The van der Waals surface area contributed by atoms with Gasteiger partial charge in [-0.15, -0.1) is 0 Å². The summed E-state index contributed by atoms with van der Waals surface area (Å²) in [6.07, 6.45) is 0. The zero-order valence-corrected chi connectivity index (χ0v) is 58.5. The normalized spacial score (nSPS) is 11.1. The van der Waals surface area contributed by atoms with Crippen LogP contribution in [0.25, 0.3) is 167 Å². The van der Waals surface area contributed by atoms with Gasteiger partial charge >= 0.3 is 17.9 Å². The lowest BCUT2D eigenvalue weighted by atomic mass is 9.84. The molecule has 18 rings (SSSR count). The first-order valence-electron chi connectivity index (χ1n) is 35.2. The Bertz CT molecular complexity index is 6480. The number of hydrogen-bond acceptors (Lipinski definition) is 12. The Hall–Kier alpha value is -15.5. The topological polar surface area (TPSA) is 263 Å². The molecule has 0 saturated heterocycles. The van der Waals surface area contributed by atoms with Crippen LogP contribution in [0.1, 0.15) is 31.1 Å². The van der Waals surface area contributed by atoms with Crippen LogP contribution >= 0.6 is 0 Å². The van der Waals surface area contributed by atoms with E-state index < -0.39 is 17.9 Å². The summed E-state index contributed by atoms with van der Waals surface area (Å²) in [6, 6.07) is 96.3. The first-order chi connectivity index (χ1) is 54.0. The number of aromatic carboxylic acids is 3. The van der Waals surface area contributed by atoms with Gasteiger partial charge in [-0.25, -0.2) is 14.4 Å². The number of benzene rings is 15. The number of phenolic OH excluding ortho intramolecular Hbond substituents is 3. The van der Waals surface area contributed by atoms with Crippen LogP contribution in [0, 0.1) is 0 Å². The fourth-order valence-electron chi connectivity index (χ4n) is 14.5. The average molecular weight is 1450 g/mol. The molecule has 6 N–H and O–H groups in total. The van der Waals surface area contributed by atoms with Crippen molar-refractivity contribution in [1.29, 1.82) is 0 Å². The van der Waals surface area contributed by atoms with Crippen LogP contribution < -0.4 is 16.3 Å². The molecule has 0 bridgehead atoms. The molecule has 15 nitrogen and oxygen atoms in total. The monoisotopic (exact) mass is 1450 g/mol. The minimum absolute atomic E-state index is 0.00120. The number of hydrogen-bond donors (Lipinski definition) is 6. The third-order valence-corrected chi connectivity index (χ3v) is 19.5. The summed E-state index contributed by atoms with van der Waals surface area (Å²) in [4.78, 5) is 75.5. The van der Waals surface area contributed by atoms with Gasteiger partial charge in [0.05, 0.1) is 16.7 Å². The van der Waals surface area contributed by atoms with Gasteiger partial charge in [0.25, 0.3) is 0 Å². The smallest absolute Gasteiger partial charge is 0.336 e. The zero-order valence-electron chi connectivity index (χ0n) is 58.5. The van der Waals surface area contributed by atoms with E-state index in [2.05, 4.69) is 0 Å². The van der Waals surface area contributed by atoms with Crippen molar-refractivity contribution in [2.45, 2.75) is 0 Å². The molecule has 534 valence electrons. The van der Waals surface area contributed by atoms with Crippen molar-refractivity contribution in [2.24, 2.45) is 0 Å². The molecule has 0 unspecified atom stereocenters. The molecule has 0 atom stereocenters. The molecule has 111 heavy (non-hydrogen) atoms. The van der Waals surface area contributed by atoms with Crippen LogP contribution in [-0.2, 0) is 0 Å². The van der Waals surface area contributed by atoms with Crippen molar-refractivity contribution in [1.82, 2.24) is 0 Å². The van der Waals surface area contributed by atoms with Crippen LogP contribution in [-0.4, -0.2) is 48.5 Å². The second kappa shape index (κ2) is 29.5. The number of carbonyl (C=O) groups is 3. The molecule has 0 spiro atoms. The van der Waals surface area contributed by atoms with Crippen LogP contribution in [0.5, 0.6) is 17.2 Å². The Balaban J connectivity index is 0.000000126. The summed E-state index contributed by atoms with van der Waals surface area (Å²) >= 11 is 0. The van der Waals surface area contributed by atoms with Gasteiger partial charge in [-0.05, 0) is 163 Å². The Morgan fingerprint density at radius 1 is 0.243 bits per heavy atom. The van der Waals surface area contributed by atoms with E-state index in [0.29, 0.717) is 123 Å². The largest absolute Gasteiger partial charge is 0.508 e. The number of rotatable bonds is 12. The summed E-state index contributed by atoms with van der Waals surface area (Å²) in [6.45, 7) is 0. The Morgan fingerprint density at radius 3 is 1.03 bits per heavy atom. The van der Waals surface area contributed by atoms with E-state index in [1.165, 1.54) is 60.7 Å². The predicted molar refractivity (Wildman–Crippen MR) is 432 cm³/mol. The van der Waals surface area contributed by atoms with Crippen LogP contribution in [0.15, 0.2) is 355 Å². The maximum atomic E-state index is 13.1. The fraction of sp³-hybridized carbons (Fsp3) is 0. The summed E-state index contributed by atoms with van der Waals surface area (Å²) in [5.41, 5.74) is 14.7. The minimum atomic E-state index is -1.07. The standard InChI is InChI=1S/3C32H20O5/c33-27-17-29-25(15-23(27)19-9-3-1-4-10-19)31(21-13-7-8-14-22(21)32(35)36)26-16-24(20-11-5-2-6-12-20)28(34)18-30(26)37-29;2*33-22-11-13-24-28(17-22)37-29-18-23(34)12-14-25(29)30(24)27-16-21(19-7-3-1-4-8-19)15-26(31(27)32(35)36)20-9-5-2-6-10-20/h3*1-18,33H,(H,35,36). The lowest BCUT2D eigenvalue weighted by Crippen LogP contribution is -2.07. The molecule has 3 heterocycles. The van der Waals surface area contributed by atoms with Crippen molar-refractivity contribution >= 4 is 50.8 Å². The quantitative estimate of drug-likeness (QED) is 0.0621. The molecule has 0 saturated carbocycles. The van der Waals surface area contributed by atoms with E-state index in [9.17, 15) is 59.4 Å². The maximum Gasteiger partial charge on any atom is 0.336 e. The highest BCUT2D eigenvalue weighted by Crippen LogP contribution is 2.50. The number of fused-ring (bicyclic) bond motifs is 6. The van der Waals surface area contributed by atoms with Crippen molar-refractivity contribution in [3.8, 4) is 151 Å². The number of aromatic hydroxyl groups is 3. The van der Waals surface area contributed by atoms with Crippen molar-refractivity contribution in [3.63, 3.8) is 0 Å². The van der Waals surface area contributed by atoms with E-state index in [1.807, 2.05) is 212 Å². The third kappa shape index (κ3) is 13.6. The minimum Gasteiger partial charge on any atom is -0.508 e. The number of phenols is 3.